The number of nitrogens with one attached hydrogen (secondary N) is 1. The number of esters is 1. The number of carbonyl (C=O) groups is 2. The van der Waals surface area contributed by atoms with Crippen LogP contribution in [-0.4, -0.2) is 40.4 Å². The van der Waals surface area contributed by atoms with Crippen molar-refractivity contribution in [2.45, 2.75) is 58.8 Å². The number of hydrogen-bond donors (Lipinski definition) is 1. The fourth-order valence-electron chi connectivity index (χ4n) is 2.03. The Morgan fingerprint density at radius 1 is 1.29 bits per heavy atom. The van der Waals surface area contributed by atoms with Gasteiger partial charge in [-0.25, -0.2) is 0 Å². The summed E-state index contributed by atoms with van der Waals surface area (Å²) in [7, 11) is 0. The summed E-state index contributed by atoms with van der Waals surface area (Å²) in [5.74, 6) is 1.62. The molecular weight excluding hydrogens is 330 g/mol. The van der Waals surface area contributed by atoms with Gasteiger partial charge in [0.15, 0.2) is 12.4 Å². The molecule has 0 aliphatic heterocycles. The van der Waals surface area contributed by atoms with Gasteiger partial charge >= 0.3 is 5.97 Å². The van der Waals surface area contributed by atoms with Gasteiger partial charge < -0.3 is 14.6 Å². The molecule has 1 aromatic rings. The quantitative estimate of drug-likeness (QED) is 0.608. The Bertz CT molecular complexity index is 519. The van der Waals surface area contributed by atoms with E-state index in [2.05, 4.69) is 29.3 Å². The Balaban J connectivity index is 2.09. The lowest BCUT2D eigenvalue weighted by molar-refractivity contribution is -0.146. The van der Waals surface area contributed by atoms with Crippen LogP contribution in [0.4, 0.5) is 0 Å². The number of carbonyl (C=O) groups excluding carboxylic acids is 2. The molecule has 1 rings (SSSR count). The minimum Gasteiger partial charge on any atom is -0.455 e. The van der Waals surface area contributed by atoms with Crippen molar-refractivity contribution in [3.05, 3.63) is 11.7 Å². The number of ether oxygens (including phenoxy) is 1. The van der Waals surface area contributed by atoms with Gasteiger partial charge in [0.05, 0.1) is 11.5 Å². The van der Waals surface area contributed by atoms with Gasteiger partial charge in [0.1, 0.15) is 0 Å². The average molecular weight is 357 g/mol. The molecule has 1 amide bonds. The summed E-state index contributed by atoms with van der Waals surface area (Å²) < 4.78 is 9.79. The van der Waals surface area contributed by atoms with Gasteiger partial charge in [-0.15, -0.1) is 11.8 Å². The molecule has 1 N–H and O–H groups in total. The number of rotatable bonds is 11. The van der Waals surface area contributed by atoms with E-state index < -0.39 is 5.97 Å². The van der Waals surface area contributed by atoms with Gasteiger partial charge in [0.25, 0.3) is 5.91 Å². The smallest absolute Gasteiger partial charge is 0.316 e. The predicted molar refractivity (Wildman–Crippen MR) is 92.4 cm³/mol. The second-order valence-corrected chi connectivity index (χ2v) is 7.16. The third-order valence-electron chi connectivity index (χ3n) is 3.21. The normalized spacial score (nSPS) is 12.2. The van der Waals surface area contributed by atoms with Crippen molar-refractivity contribution in [3.8, 4) is 0 Å². The molecule has 1 heterocycles. The number of aromatic nitrogens is 2. The van der Waals surface area contributed by atoms with Crippen molar-refractivity contribution in [2.24, 2.45) is 5.92 Å². The zero-order chi connectivity index (χ0) is 17.9. The first-order valence-corrected chi connectivity index (χ1v) is 9.34. The molecule has 0 saturated heterocycles. The minimum absolute atomic E-state index is 0.0887. The Morgan fingerprint density at radius 3 is 2.67 bits per heavy atom. The fourth-order valence-corrected chi connectivity index (χ4v) is 2.69. The van der Waals surface area contributed by atoms with E-state index >= 15 is 0 Å². The van der Waals surface area contributed by atoms with Crippen LogP contribution in [-0.2, 0) is 20.1 Å². The molecule has 7 nitrogen and oxygen atoms in total. The van der Waals surface area contributed by atoms with Crippen LogP contribution in [0.1, 0.15) is 51.7 Å². The molecule has 8 heteroatoms. The molecule has 0 aliphatic carbocycles. The van der Waals surface area contributed by atoms with Gasteiger partial charge in [-0.1, -0.05) is 31.8 Å². The van der Waals surface area contributed by atoms with Crippen molar-refractivity contribution in [1.82, 2.24) is 15.5 Å². The molecule has 1 atom stereocenters. The fraction of sp³-hybridized carbons (Fsp3) is 0.750. The lowest BCUT2D eigenvalue weighted by atomic mass is 10.0. The molecule has 0 fully saturated rings. The summed E-state index contributed by atoms with van der Waals surface area (Å²) in [5.41, 5.74) is 0. The summed E-state index contributed by atoms with van der Waals surface area (Å²) >= 11 is 1.32. The van der Waals surface area contributed by atoms with E-state index in [1.165, 1.54) is 11.8 Å². The van der Waals surface area contributed by atoms with Crippen molar-refractivity contribution in [3.63, 3.8) is 0 Å². The SMILES string of the molecule is Cc1nc(CSCC(=O)OCC(=O)NC(C)CCCC(C)C)no1. The molecule has 0 aliphatic rings. The zero-order valence-electron chi connectivity index (χ0n) is 14.8. The Kier molecular flexibility index (Phi) is 9.44. The minimum atomic E-state index is -0.428. The van der Waals surface area contributed by atoms with Crippen LogP contribution in [0, 0.1) is 12.8 Å². The molecule has 0 bridgehead atoms. The van der Waals surface area contributed by atoms with Gasteiger partial charge in [-0.05, 0) is 19.3 Å². The first-order chi connectivity index (χ1) is 11.4. The molecule has 1 unspecified atom stereocenters. The standard InChI is InChI=1S/C16H27N3O4S/c1-11(2)6-5-7-12(3)17-15(20)8-22-16(21)10-24-9-14-18-13(4)23-19-14/h11-12H,5-10H2,1-4H3,(H,17,20). The lowest BCUT2D eigenvalue weighted by Crippen LogP contribution is -2.36. The molecule has 0 radical (unpaired) electrons. The van der Waals surface area contributed by atoms with E-state index in [0.717, 1.165) is 19.3 Å². The van der Waals surface area contributed by atoms with E-state index in [4.69, 9.17) is 9.26 Å². The molecule has 136 valence electrons. The Labute approximate surface area is 147 Å². The molecular formula is C16H27N3O4S. The molecule has 1 aromatic heterocycles. The van der Waals surface area contributed by atoms with Crippen LogP contribution in [0.5, 0.6) is 0 Å². The summed E-state index contributed by atoms with van der Waals surface area (Å²) in [6.07, 6.45) is 3.15. The van der Waals surface area contributed by atoms with Crippen molar-refractivity contribution < 1.29 is 18.8 Å². The van der Waals surface area contributed by atoms with Crippen molar-refractivity contribution in [1.29, 1.82) is 0 Å². The van der Waals surface area contributed by atoms with E-state index in [-0.39, 0.29) is 24.3 Å². The number of hydrogen-bond acceptors (Lipinski definition) is 7. The zero-order valence-corrected chi connectivity index (χ0v) is 15.6. The number of amides is 1. The molecule has 0 aromatic carbocycles. The highest BCUT2D eigenvalue weighted by Crippen LogP contribution is 2.10. The lowest BCUT2D eigenvalue weighted by Gasteiger charge is -2.14. The average Bonchev–Trinajstić information content (AvgIpc) is 2.90. The van der Waals surface area contributed by atoms with Crippen LogP contribution >= 0.6 is 11.8 Å². The highest BCUT2D eigenvalue weighted by molar-refractivity contribution is 7.99. The van der Waals surface area contributed by atoms with Crippen molar-refractivity contribution >= 4 is 23.6 Å². The third-order valence-corrected chi connectivity index (χ3v) is 4.11. The highest BCUT2D eigenvalue weighted by atomic mass is 32.2. The summed E-state index contributed by atoms with van der Waals surface area (Å²) in [4.78, 5) is 27.3. The summed E-state index contributed by atoms with van der Waals surface area (Å²) in [6.45, 7) is 7.79. The number of nitrogens with zero attached hydrogens (tertiary/aromatic N) is 2. The van der Waals surface area contributed by atoms with Crippen LogP contribution in [0.15, 0.2) is 4.52 Å². The largest absolute Gasteiger partial charge is 0.455 e. The van der Waals surface area contributed by atoms with E-state index in [0.29, 0.717) is 23.4 Å². The maximum atomic E-state index is 11.7. The van der Waals surface area contributed by atoms with Crippen LogP contribution in [0.2, 0.25) is 0 Å². The summed E-state index contributed by atoms with van der Waals surface area (Å²) in [5, 5.41) is 6.57. The molecule has 24 heavy (non-hydrogen) atoms. The maximum Gasteiger partial charge on any atom is 0.316 e. The van der Waals surface area contributed by atoms with Crippen LogP contribution in [0.3, 0.4) is 0 Å². The van der Waals surface area contributed by atoms with E-state index in [1.807, 2.05) is 6.92 Å². The Hall–Kier alpha value is -1.57. The van der Waals surface area contributed by atoms with Gasteiger partial charge in [0.2, 0.25) is 5.89 Å². The van der Waals surface area contributed by atoms with Crippen molar-refractivity contribution in [2.75, 3.05) is 12.4 Å². The second-order valence-electron chi connectivity index (χ2n) is 6.18. The van der Waals surface area contributed by atoms with E-state index in [9.17, 15) is 9.59 Å². The maximum absolute atomic E-state index is 11.7. The van der Waals surface area contributed by atoms with Gasteiger partial charge in [0, 0.05) is 13.0 Å². The van der Waals surface area contributed by atoms with Gasteiger partial charge in [-0.3, -0.25) is 9.59 Å². The van der Waals surface area contributed by atoms with Gasteiger partial charge in [-0.2, -0.15) is 4.98 Å². The molecule has 0 spiro atoms. The number of aryl methyl sites for hydroxylation is 1. The Morgan fingerprint density at radius 2 is 2.04 bits per heavy atom. The summed E-state index contributed by atoms with van der Waals surface area (Å²) in [6, 6.07) is 0.0887. The van der Waals surface area contributed by atoms with Crippen LogP contribution < -0.4 is 5.32 Å². The first kappa shape index (κ1) is 20.5. The highest BCUT2D eigenvalue weighted by Gasteiger charge is 2.11. The molecule has 0 saturated carbocycles. The predicted octanol–water partition coefficient (Wildman–Crippen LogP) is 2.49. The third kappa shape index (κ3) is 9.54. The second kappa shape index (κ2) is 11.1. The number of thioether (sulfide) groups is 1. The monoisotopic (exact) mass is 357 g/mol. The first-order valence-electron chi connectivity index (χ1n) is 8.18. The van der Waals surface area contributed by atoms with E-state index in [1.54, 1.807) is 6.92 Å². The van der Waals surface area contributed by atoms with Crippen LogP contribution in [0.25, 0.3) is 0 Å². The topological polar surface area (TPSA) is 94.3 Å².